The molecule has 0 spiro atoms. The number of hydrogen-bond donors (Lipinski definition) is 1. The summed E-state index contributed by atoms with van der Waals surface area (Å²) in [5.41, 5.74) is 1.85. The first-order chi connectivity index (χ1) is 9.56. The quantitative estimate of drug-likeness (QED) is 0.933. The van der Waals surface area contributed by atoms with Crippen molar-refractivity contribution in [3.8, 4) is 0 Å². The molecule has 0 saturated carbocycles. The number of carbonyl (C=O) groups is 1. The molecule has 3 nitrogen and oxygen atoms in total. The second-order valence-corrected chi connectivity index (χ2v) is 5.31. The van der Waals surface area contributed by atoms with E-state index in [0.29, 0.717) is 10.0 Å². The van der Waals surface area contributed by atoms with Gasteiger partial charge in [-0.05, 0) is 42.3 Å². The van der Waals surface area contributed by atoms with E-state index in [1.165, 1.54) is 0 Å². The van der Waals surface area contributed by atoms with Crippen molar-refractivity contribution in [2.24, 2.45) is 0 Å². The summed E-state index contributed by atoms with van der Waals surface area (Å²) in [5, 5.41) is 3.88. The smallest absolute Gasteiger partial charge is 0.224 e. The van der Waals surface area contributed by atoms with E-state index in [2.05, 4.69) is 10.3 Å². The lowest BCUT2D eigenvalue weighted by atomic mass is 10.1. The molecular weight excluding hydrogens is 295 g/mol. The zero-order chi connectivity index (χ0) is 14.5. The number of rotatable bonds is 4. The van der Waals surface area contributed by atoms with Gasteiger partial charge >= 0.3 is 0 Å². The van der Waals surface area contributed by atoms with Crippen LogP contribution in [0.3, 0.4) is 0 Å². The zero-order valence-electron chi connectivity index (χ0n) is 10.9. The summed E-state index contributed by atoms with van der Waals surface area (Å²) in [6, 6.07) is 8.90. The highest BCUT2D eigenvalue weighted by atomic mass is 35.5. The lowest BCUT2D eigenvalue weighted by Gasteiger charge is -2.14. The summed E-state index contributed by atoms with van der Waals surface area (Å²) >= 11 is 11.8. The van der Waals surface area contributed by atoms with Gasteiger partial charge in [-0.2, -0.15) is 0 Å². The van der Waals surface area contributed by atoms with Crippen LogP contribution in [0, 0.1) is 0 Å². The van der Waals surface area contributed by atoms with Crippen LogP contribution in [0.25, 0.3) is 0 Å². The van der Waals surface area contributed by atoms with Crippen molar-refractivity contribution in [3.63, 3.8) is 0 Å². The number of carbonyl (C=O) groups excluding carboxylic acids is 1. The van der Waals surface area contributed by atoms with E-state index < -0.39 is 0 Å². The third-order valence-electron chi connectivity index (χ3n) is 2.93. The molecule has 104 valence electrons. The summed E-state index contributed by atoms with van der Waals surface area (Å²) in [7, 11) is 0. The first kappa shape index (κ1) is 14.8. The van der Waals surface area contributed by atoms with Crippen molar-refractivity contribution in [1.29, 1.82) is 0 Å². The Balaban J connectivity index is 1.97. The van der Waals surface area contributed by atoms with Crippen molar-refractivity contribution in [3.05, 3.63) is 63.9 Å². The van der Waals surface area contributed by atoms with Gasteiger partial charge in [0.1, 0.15) is 0 Å². The Labute approximate surface area is 127 Å². The molecule has 0 aliphatic heterocycles. The highest BCUT2D eigenvalue weighted by molar-refractivity contribution is 6.42. The van der Waals surface area contributed by atoms with Crippen LogP contribution in [0.1, 0.15) is 24.1 Å². The van der Waals surface area contributed by atoms with E-state index in [9.17, 15) is 4.79 Å². The minimum Gasteiger partial charge on any atom is -0.349 e. The molecule has 1 unspecified atom stereocenters. The van der Waals surface area contributed by atoms with Gasteiger partial charge in [-0.15, -0.1) is 0 Å². The molecule has 0 fully saturated rings. The molecule has 1 amide bonds. The molecule has 2 rings (SSSR count). The highest BCUT2D eigenvalue weighted by Crippen LogP contribution is 2.22. The summed E-state index contributed by atoms with van der Waals surface area (Å²) in [6.45, 7) is 1.93. The summed E-state index contributed by atoms with van der Waals surface area (Å²) in [6.07, 6.45) is 3.68. The fraction of sp³-hybridized carbons (Fsp3) is 0.200. The Kier molecular flexibility index (Phi) is 4.99. The van der Waals surface area contributed by atoms with Crippen LogP contribution >= 0.6 is 23.2 Å². The molecule has 0 aliphatic carbocycles. The maximum absolute atomic E-state index is 12.0. The fourth-order valence-corrected chi connectivity index (χ4v) is 2.18. The fourth-order valence-electron chi connectivity index (χ4n) is 1.86. The van der Waals surface area contributed by atoms with E-state index in [1.807, 2.05) is 19.1 Å². The van der Waals surface area contributed by atoms with Crippen LogP contribution in [0.2, 0.25) is 10.0 Å². The zero-order valence-corrected chi connectivity index (χ0v) is 12.4. The van der Waals surface area contributed by atoms with Gasteiger partial charge in [-0.3, -0.25) is 9.78 Å². The molecule has 1 aromatic heterocycles. The SMILES string of the molecule is CC(NC(=O)Cc1ccc(Cl)c(Cl)c1)c1ccncc1. The predicted octanol–water partition coefficient (Wildman–Crippen LogP) is 3.81. The maximum atomic E-state index is 12.0. The normalized spacial score (nSPS) is 11.9. The number of aromatic nitrogens is 1. The van der Waals surface area contributed by atoms with E-state index in [0.717, 1.165) is 11.1 Å². The number of halogens is 2. The van der Waals surface area contributed by atoms with Crippen LogP contribution in [0.5, 0.6) is 0 Å². The Bertz CT molecular complexity index is 602. The molecule has 2 aromatic rings. The highest BCUT2D eigenvalue weighted by Gasteiger charge is 2.10. The number of pyridine rings is 1. The lowest BCUT2D eigenvalue weighted by molar-refractivity contribution is -0.121. The average molecular weight is 309 g/mol. The second kappa shape index (κ2) is 6.73. The van der Waals surface area contributed by atoms with Crippen molar-refractivity contribution in [1.82, 2.24) is 10.3 Å². The van der Waals surface area contributed by atoms with Crippen molar-refractivity contribution in [2.75, 3.05) is 0 Å². The standard InChI is InChI=1S/C15H14Cl2N2O/c1-10(12-4-6-18-7-5-12)19-15(20)9-11-2-3-13(16)14(17)8-11/h2-8,10H,9H2,1H3,(H,19,20). The molecule has 0 bridgehead atoms. The first-order valence-corrected chi connectivity index (χ1v) is 6.95. The minimum absolute atomic E-state index is 0.0618. The lowest BCUT2D eigenvalue weighted by Crippen LogP contribution is -2.28. The van der Waals surface area contributed by atoms with Gasteiger partial charge in [0.25, 0.3) is 0 Å². The number of hydrogen-bond acceptors (Lipinski definition) is 2. The summed E-state index contributed by atoms with van der Waals surface area (Å²) < 4.78 is 0. The van der Waals surface area contributed by atoms with Crippen LogP contribution in [-0.4, -0.2) is 10.9 Å². The first-order valence-electron chi connectivity index (χ1n) is 6.19. The molecule has 1 aromatic carbocycles. The third-order valence-corrected chi connectivity index (χ3v) is 3.67. The van der Waals surface area contributed by atoms with Gasteiger partial charge in [0.2, 0.25) is 5.91 Å². The van der Waals surface area contributed by atoms with Crippen LogP contribution in [0.15, 0.2) is 42.7 Å². The summed E-state index contributed by atoms with van der Waals surface area (Å²) in [4.78, 5) is 15.9. The molecule has 1 atom stereocenters. The number of nitrogens with one attached hydrogen (secondary N) is 1. The molecule has 0 radical (unpaired) electrons. The predicted molar refractivity (Wildman–Crippen MR) is 81.0 cm³/mol. The van der Waals surface area contributed by atoms with E-state index in [1.54, 1.807) is 30.6 Å². The van der Waals surface area contributed by atoms with Crippen molar-refractivity contribution < 1.29 is 4.79 Å². The van der Waals surface area contributed by atoms with Crippen molar-refractivity contribution in [2.45, 2.75) is 19.4 Å². The van der Waals surface area contributed by atoms with E-state index >= 15 is 0 Å². The van der Waals surface area contributed by atoms with Crippen LogP contribution in [-0.2, 0) is 11.2 Å². The Morgan fingerprint density at radius 3 is 2.55 bits per heavy atom. The van der Waals surface area contributed by atoms with Gasteiger partial charge in [0.15, 0.2) is 0 Å². The Morgan fingerprint density at radius 1 is 1.20 bits per heavy atom. The molecule has 5 heteroatoms. The van der Waals surface area contributed by atoms with Gasteiger partial charge < -0.3 is 5.32 Å². The molecule has 0 saturated heterocycles. The molecule has 1 heterocycles. The van der Waals surface area contributed by atoms with Gasteiger partial charge in [0, 0.05) is 12.4 Å². The van der Waals surface area contributed by atoms with Gasteiger partial charge in [-0.1, -0.05) is 29.3 Å². The van der Waals surface area contributed by atoms with Crippen LogP contribution < -0.4 is 5.32 Å². The molecule has 0 aliphatic rings. The van der Waals surface area contributed by atoms with Crippen LogP contribution in [0.4, 0.5) is 0 Å². The topological polar surface area (TPSA) is 42.0 Å². The average Bonchev–Trinajstić information content (AvgIpc) is 2.44. The van der Waals surface area contributed by atoms with E-state index in [-0.39, 0.29) is 18.4 Å². The third kappa shape index (κ3) is 3.95. The van der Waals surface area contributed by atoms with Crippen molar-refractivity contribution >= 4 is 29.1 Å². The minimum atomic E-state index is -0.0623. The Morgan fingerprint density at radius 2 is 1.90 bits per heavy atom. The maximum Gasteiger partial charge on any atom is 0.224 e. The number of benzene rings is 1. The number of amides is 1. The number of nitrogens with zero attached hydrogens (tertiary/aromatic N) is 1. The molecule has 1 N–H and O–H groups in total. The Hall–Kier alpha value is -1.58. The van der Waals surface area contributed by atoms with Gasteiger partial charge in [-0.25, -0.2) is 0 Å². The molecule has 20 heavy (non-hydrogen) atoms. The monoisotopic (exact) mass is 308 g/mol. The largest absolute Gasteiger partial charge is 0.349 e. The van der Waals surface area contributed by atoms with Gasteiger partial charge in [0.05, 0.1) is 22.5 Å². The second-order valence-electron chi connectivity index (χ2n) is 4.49. The molecular formula is C15H14Cl2N2O. The van der Waals surface area contributed by atoms with E-state index in [4.69, 9.17) is 23.2 Å². The summed E-state index contributed by atoms with van der Waals surface area (Å²) in [5.74, 6) is -0.0623.